The van der Waals surface area contributed by atoms with Crippen molar-refractivity contribution in [2.24, 2.45) is 16.8 Å². The van der Waals surface area contributed by atoms with Crippen LogP contribution in [0.25, 0.3) is 0 Å². The van der Waals surface area contributed by atoms with E-state index < -0.39 is 0 Å². The molecule has 21 heavy (non-hydrogen) atoms. The van der Waals surface area contributed by atoms with Crippen molar-refractivity contribution in [1.29, 1.82) is 0 Å². The Kier molecular flexibility index (Phi) is 5.10. The standard InChI is InChI=1S/C17H27N3O/c1-4-13-5-7-14(8-6-13)20(3)15-9-10-16(12(2)11-15)17(18)19-21/h9-11,13-14,21H,4-8H2,1-3H3,(H2,18,19). The molecule has 0 radical (unpaired) electrons. The van der Waals surface area contributed by atoms with Crippen LogP contribution in [-0.4, -0.2) is 24.1 Å². The first-order valence-corrected chi connectivity index (χ1v) is 7.88. The molecule has 1 aromatic rings. The molecule has 4 nitrogen and oxygen atoms in total. The number of nitrogens with zero attached hydrogens (tertiary/aromatic N) is 2. The molecule has 0 heterocycles. The van der Waals surface area contributed by atoms with Gasteiger partial charge in [0, 0.05) is 24.3 Å². The molecule has 0 amide bonds. The predicted octanol–water partition coefficient (Wildman–Crippen LogP) is 3.49. The number of benzene rings is 1. The molecule has 0 atom stereocenters. The Morgan fingerprint density at radius 3 is 2.52 bits per heavy atom. The minimum atomic E-state index is 0.171. The summed E-state index contributed by atoms with van der Waals surface area (Å²) < 4.78 is 0. The zero-order valence-corrected chi connectivity index (χ0v) is 13.3. The zero-order chi connectivity index (χ0) is 15.4. The van der Waals surface area contributed by atoms with Crippen molar-refractivity contribution < 1.29 is 5.21 Å². The van der Waals surface area contributed by atoms with E-state index in [0.717, 1.165) is 17.0 Å². The van der Waals surface area contributed by atoms with Gasteiger partial charge >= 0.3 is 0 Å². The first-order chi connectivity index (χ1) is 10.1. The molecule has 3 N–H and O–H groups in total. The molecule has 0 bridgehead atoms. The van der Waals surface area contributed by atoms with Crippen molar-refractivity contribution in [2.75, 3.05) is 11.9 Å². The number of hydrogen-bond acceptors (Lipinski definition) is 3. The normalized spacial score (nSPS) is 23.1. The van der Waals surface area contributed by atoms with Crippen LogP contribution in [0.15, 0.2) is 23.4 Å². The van der Waals surface area contributed by atoms with Crippen molar-refractivity contribution in [3.8, 4) is 0 Å². The van der Waals surface area contributed by atoms with E-state index in [2.05, 4.69) is 36.2 Å². The van der Waals surface area contributed by atoms with Gasteiger partial charge in [0.05, 0.1) is 0 Å². The van der Waals surface area contributed by atoms with Gasteiger partial charge in [-0.25, -0.2) is 0 Å². The van der Waals surface area contributed by atoms with E-state index in [1.807, 2.05) is 13.0 Å². The number of aryl methyl sites for hydroxylation is 1. The molecule has 1 saturated carbocycles. The molecule has 1 fully saturated rings. The maximum absolute atomic E-state index is 8.80. The Morgan fingerprint density at radius 1 is 1.33 bits per heavy atom. The molecule has 0 aliphatic heterocycles. The first-order valence-electron chi connectivity index (χ1n) is 7.88. The van der Waals surface area contributed by atoms with Gasteiger partial charge in [-0.1, -0.05) is 18.5 Å². The summed E-state index contributed by atoms with van der Waals surface area (Å²) in [5.74, 6) is 1.09. The van der Waals surface area contributed by atoms with Crippen LogP contribution >= 0.6 is 0 Å². The third kappa shape index (κ3) is 3.49. The lowest BCUT2D eigenvalue weighted by Crippen LogP contribution is -2.35. The maximum Gasteiger partial charge on any atom is 0.170 e. The minimum absolute atomic E-state index is 0.171. The molecule has 1 aliphatic carbocycles. The van der Waals surface area contributed by atoms with E-state index in [4.69, 9.17) is 10.9 Å². The summed E-state index contributed by atoms with van der Waals surface area (Å²) in [5, 5.41) is 11.9. The van der Waals surface area contributed by atoms with Gasteiger partial charge in [-0.3, -0.25) is 0 Å². The summed E-state index contributed by atoms with van der Waals surface area (Å²) in [4.78, 5) is 2.38. The highest BCUT2D eigenvalue weighted by Gasteiger charge is 2.23. The van der Waals surface area contributed by atoms with Gasteiger partial charge in [0.25, 0.3) is 0 Å². The van der Waals surface area contributed by atoms with Crippen LogP contribution < -0.4 is 10.6 Å². The lowest BCUT2D eigenvalue weighted by Gasteiger charge is -2.36. The summed E-state index contributed by atoms with van der Waals surface area (Å²) in [6.45, 7) is 4.29. The van der Waals surface area contributed by atoms with Crippen molar-refractivity contribution >= 4 is 11.5 Å². The summed E-state index contributed by atoms with van der Waals surface area (Å²) >= 11 is 0. The Morgan fingerprint density at radius 2 is 2.00 bits per heavy atom. The molecule has 116 valence electrons. The van der Waals surface area contributed by atoms with Gasteiger partial charge in [0.2, 0.25) is 0 Å². The third-order valence-electron chi connectivity index (χ3n) is 4.94. The second kappa shape index (κ2) is 6.83. The third-order valence-corrected chi connectivity index (χ3v) is 4.94. The summed E-state index contributed by atoms with van der Waals surface area (Å²) in [6.07, 6.45) is 6.54. The van der Waals surface area contributed by atoms with Gasteiger partial charge in [0.1, 0.15) is 0 Å². The largest absolute Gasteiger partial charge is 0.409 e. The molecule has 0 aromatic heterocycles. The van der Waals surface area contributed by atoms with Crippen LogP contribution in [0.3, 0.4) is 0 Å². The fourth-order valence-corrected chi connectivity index (χ4v) is 3.36. The van der Waals surface area contributed by atoms with E-state index in [0.29, 0.717) is 6.04 Å². The van der Waals surface area contributed by atoms with Gasteiger partial charge < -0.3 is 15.8 Å². The molecule has 1 aromatic carbocycles. The molecule has 0 saturated heterocycles. The first kappa shape index (κ1) is 15.7. The quantitative estimate of drug-likeness (QED) is 0.386. The highest BCUT2D eigenvalue weighted by molar-refractivity contribution is 5.98. The van der Waals surface area contributed by atoms with E-state index in [1.54, 1.807) is 0 Å². The van der Waals surface area contributed by atoms with E-state index in [1.165, 1.54) is 37.8 Å². The van der Waals surface area contributed by atoms with E-state index >= 15 is 0 Å². The molecule has 2 rings (SSSR count). The smallest absolute Gasteiger partial charge is 0.170 e. The fourth-order valence-electron chi connectivity index (χ4n) is 3.36. The van der Waals surface area contributed by atoms with Gasteiger partial charge in [0.15, 0.2) is 5.84 Å². The minimum Gasteiger partial charge on any atom is -0.409 e. The summed E-state index contributed by atoms with van der Waals surface area (Å²) in [7, 11) is 2.18. The molecular formula is C17H27N3O. The summed E-state index contributed by atoms with van der Waals surface area (Å²) in [5.41, 5.74) is 8.73. The Bertz CT molecular complexity index is 505. The topological polar surface area (TPSA) is 61.8 Å². The summed E-state index contributed by atoms with van der Waals surface area (Å²) in [6, 6.07) is 6.75. The number of hydrogen-bond donors (Lipinski definition) is 2. The van der Waals surface area contributed by atoms with Crippen LogP contribution in [0.2, 0.25) is 0 Å². The van der Waals surface area contributed by atoms with Gasteiger partial charge in [-0.05, 0) is 62.3 Å². The molecular weight excluding hydrogens is 262 g/mol. The lowest BCUT2D eigenvalue weighted by atomic mass is 9.84. The monoisotopic (exact) mass is 289 g/mol. The van der Waals surface area contributed by atoms with Crippen LogP contribution in [0.1, 0.15) is 50.2 Å². The SMILES string of the molecule is CCC1CCC(N(C)c2ccc(/C(N)=N/O)c(C)c2)CC1. The van der Waals surface area contributed by atoms with Crippen LogP contribution in [-0.2, 0) is 0 Å². The van der Waals surface area contributed by atoms with Crippen molar-refractivity contribution in [3.63, 3.8) is 0 Å². The fraction of sp³-hybridized carbons (Fsp3) is 0.588. The zero-order valence-electron chi connectivity index (χ0n) is 13.3. The van der Waals surface area contributed by atoms with Crippen LogP contribution in [0.5, 0.6) is 0 Å². The average molecular weight is 289 g/mol. The van der Waals surface area contributed by atoms with Crippen molar-refractivity contribution in [2.45, 2.75) is 52.0 Å². The number of amidine groups is 1. The number of anilines is 1. The molecule has 1 aliphatic rings. The van der Waals surface area contributed by atoms with E-state index in [9.17, 15) is 0 Å². The lowest BCUT2D eigenvalue weighted by molar-refractivity contribution is 0.313. The van der Waals surface area contributed by atoms with Crippen LogP contribution in [0.4, 0.5) is 5.69 Å². The van der Waals surface area contributed by atoms with E-state index in [-0.39, 0.29) is 5.84 Å². The Balaban J connectivity index is 2.10. The highest BCUT2D eigenvalue weighted by atomic mass is 16.4. The van der Waals surface area contributed by atoms with Crippen molar-refractivity contribution in [1.82, 2.24) is 0 Å². The number of oxime groups is 1. The number of nitrogens with two attached hydrogens (primary N) is 1. The molecule has 0 spiro atoms. The average Bonchev–Trinajstić information content (AvgIpc) is 2.53. The number of rotatable bonds is 4. The Labute approximate surface area is 127 Å². The maximum atomic E-state index is 8.80. The Hall–Kier alpha value is -1.71. The highest BCUT2D eigenvalue weighted by Crippen LogP contribution is 2.31. The second-order valence-electron chi connectivity index (χ2n) is 6.18. The molecule has 0 unspecified atom stereocenters. The van der Waals surface area contributed by atoms with Crippen LogP contribution in [0, 0.1) is 12.8 Å². The molecule has 4 heteroatoms. The van der Waals surface area contributed by atoms with Crippen molar-refractivity contribution in [3.05, 3.63) is 29.3 Å². The predicted molar refractivity (Wildman–Crippen MR) is 88.1 cm³/mol. The van der Waals surface area contributed by atoms with Gasteiger partial charge in [-0.15, -0.1) is 0 Å². The van der Waals surface area contributed by atoms with Gasteiger partial charge in [-0.2, -0.15) is 0 Å². The second-order valence-corrected chi connectivity index (χ2v) is 6.18.